The number of nitrogens with one attached hydrogen (secondary N) is 1. The van der Waals surface area contributed by atoms with Crippen LogP contribution in [0.25, 0.3) is 0 Å². The summed E-state index contributed by atoms with van der Waals surface area (Å²) in [6.07, 6.45) is 9.16. The lowest BCUT2D eigenvalue weighted by Crippen LogP contribution is -2.40. The van der Waals surface area contributed by atoms with E-state index in [4.69, 9.17) is 0 Å². The summed E-state index contributed by atoms with van der Waals surface area (Å²) in [6, 6.07) is 9.82. The first-order valence-corrected chi connectivity index (χ1v) is 8.94. The number of anilines is 1. The molecule has 4 rings (SSSR count). The molecule has 1 N–H and O–H groups in total. The van der Waals surface area contributed by atoms with Gasteiger partial charge in [-0.2, -0.15) is 0 Å². The number of benzene rings is 1. The van der Waals surface area contributed by atoms with E-state index in [-0.39, 0.29) is 0 Å². The lowest BCUT2D eigenvalue weighted by atomic mass is 9.89. The fraction of sp³-hybridized carbons (Fsp3) is 0.632. The maximum Gasteiger partial charge on any atom is 0.227 e. The van der Waals surface area contributed by atoms with Crippen molar-refractivity contribution < 1.29 is 4.79 Å². The van der Waals surface area contributed by atoms with Gasteiger partial charge in [0, 0.05) is 30.7 Å². The summed E-state index contributed by atoms with van der Waals surface area (Å²) in [4.78, 5) is 15.0. The third-order valence-electron chi connectivity index (χ3n) is 5.70. The quantitative estimate of drug-likeness (QED) is 0.909. The molecule has 3 aliphatic rings. The Labute approximate surface area is 133 Å². The smallest absolute Gasteiger partial charge is 0.227 e. The summed E-state index contributed by atoms with van der Waals surface area (Å²) in [7, 11) is 0. The van der Waals surface area contributed by atoms with E-state index >= 15 is 0 Å². The SMILES string of the molecule is O=C(CC1CC2CCC(C1)N2)N1CCCCc2ccccc21. The number of hydrogen-bond donors (Lipinski definition) is 1. The summed E-state index contributed by atoms with van der Waals surface area (Å²) < 4.78 is 0. The van der Waals surface area contributed by atoms with Gasteiger partial charge in [-0.1, -0.05) is 18.2 Å². The van der Waals surface area contributed by atoms with Crippen LogP contribution in [-0.2, 0) is 11.2 Å². The molecular weight excluding hydrogens is 272 g/mol. The average molecular weight is 298 g/mol. The van der Waals surface area contributed by atoms with Gasteiger partial charge in [0.1, 0.15) is 0 Å². The largest absolute Gasteiger partial charge is 0.312 e. The van der Waals surface area contributed by atoms with Crippen molar-refractivity contribution >= 4 is 11.6 Å². The molecule has 3 aliphatic heterocycles. The van der Waals surface area contributed by atoms with E-state index in [1.165, 1.54) is 43.4 Å². The number of nitrogens with zero attached hydrogens (tertiary/aromatic N) is 1. The van der Waals surface area contributed by atoms with Crippen molar-refractivity contribution in [2.45, 2.75) is 63.5 Å². The molecule has 1 aromatic carbocycles. The van der Waals surface area contributed by atoms with E-state index in [1.54, 1.807) is 0 Å². The van der Waals surface area contributed by atoms with Gasteiger partial charge < -0.3 is 10.2 Å². The lowest BCUT2D eigenvalue weighted by Gasteiger charge is -2.31. The van der Waals surface area contributed by atoms with Gasteiger partial charge in [-0.05, 0) is 62.5 Å². The molecule has 118 valence electrons. The van der Waals surface area contributed by atoms with Gasteiger partial charge >= 0.3 is 0 Å². The van der Waals surface area contributed by atoms with Crippen molar-refractivity contribution in [3.8, 4) is 0 Å². The number of carbonyl (C=O) groups excluding carboxylic acids is 1. The van der Waals surface area contributed by atoms with E-state index in [1.807, 2.05) is 0 Å². The Morgan fingerprint density at radius 2 is 1.91 bits per heavy atom. The Hall–Kier alpha value is -1.35. The zero-order chi connectivity index (χ0) is 14.9. The van der Waals surface area contributed by atoms with E-state index in [2.05, 4.69) is 34.5 Å². The normalized spacial score (nSPS) is 30.7. The van der Waals surface area contributed by atoms with E-state index in [9.17, 15) is 4.79 Å². The molecule has 2 fully saturated rings. The molecule has 0 aliphatic carbocycles. The Morgan fingerprint density at radius 1 is 1.14 bits per heavy atom. The van der Waals surface area contributed by atoms with E-state index < -0.39 is 0 Å². The number of piperidine rings is 1. The molecule has 1 amide bonds. The van der Waals surface area contributed by atoms with E-state index in [0.29, 0.717) is 23.9 Å². The minimum Gasteiger partial charge on any atom is -0.312 e. The lowest BCUT2D eigenvalue weighted by molar-refractivity contribution is -0.119. The third kappa shape index (κ3) is 2.79. The van der Waals surface area contributed by atoms with Gasteiger partial charge in [0.25, 0.3) is 0 Å². The molecule has 0 spiro atoms. The van der Waals surface area contributed by atoms with Crippen LogP contribution in [0.3, 0.4) is 0 Å². The first kappa shape index (κ1) is 14.3. The number of fused-ring (bicyclic) bond motifs is 3. The van der Waals surface area contributed by atoms with Crippen molar-refractivity contribution in [3.05, 3.63) is 29.8 Å². The topological polar surface area (TPSA) is 32.3 Å². The molecule has 0 radical (unpaired) electrons. The minimum absolute atomic E-state index is 0.348. The predicted molar refractivity (Wildman–Crippen MR) is 89.0 cm³/mol. The number of hydrogen-bond acceptors (Lipinski definition) is 2. The summed E-state index contributed by atoms with van der Waals surface area (Å²) in [5.41, 5.74) is 2.51. The standard InChI is InChI=1S/C19H26N2O/c22-19(13-14-11-16-8-9-17(12-14)20-16)21-10-4-3-6-15-5-1-2-7-18(15)21/h1-2,5,7,14,16-17,20H,3-4,6,8-13H2. The van der Waals surface area contributed by atoms with Gasteiger partial charge in [-0.15, -0.1) is 0 Å². The van der Waals surface area contributed by atoms with Crippen LogP contribution in [0.2, 0.25) is 0 Å². The molecule has 1 aromatic rings. The second-order valence-electron chi connectivity index (χ2n) is 7.31. The predicted octanol–water partition coefficient (Wildman–Crippen LogP) is 3.28. The highest BCUT2D eigenvalue weighted by Gasteiger charge is 2.35. The number of amides is 1. The summed E-state index contributed by atoms with van der Waals surface area (Å²) in [6.45, 7) is 0.897. The molecule has 22 heavy (non-hydrogen) atoms. The van der Waals surface area contributed by atoms with Crippen molar-refractivity contribution in [2.24, 2.45) is 5.92 Å². The van der Waals surface area contributed by atoms with Gasteiger partial charge in [0.05, 0.1) is 0 Å². The summed E-state index contributed by atoms with van der Waals surface area (Å²) in [5, 5.41) is 3.67. The second kappa shape index (κ2) is 6.04. The second-order valence-corrected chi connectivity index (χ2v) is 7.31. The van der Waals surface area contributed by atoms with Crippen LogP contribution in [0.4, 0.5) is 5.69 Å². The highest BCUT2D eigenvalue weighted by Crippen LogP contribution is 2.34. The fourth-order valence-corrected chi connectivity index (χ4v) is 4.65. The highest BCUT2D eigenvalue weighted by atomic mass is 16.2. The molecule has 2 atom stereocenters. The van der Waals surface area contributed by atoms with Crippen LogP contribution in [-0.4, -0.2) is 24.5 Å². The van der Waals surface area contributed by atoms with Gasteiger partial charge in [0.2, 0.25) is 5.91 Å². The Bertz CT molecular complexity index is 544. The van der Waals surface area contributed by atoms with Gasteiger partial charge in [0.15, 0.2) is 0 Å². The van der Waals surface area contributed by atoms with Crippen molar-refractivity contribution in [1.29, 1.82) is 0 Å². The van der Waals surface area contributed by atoms with Crippen LogP contribution in [0, 0.1) is 5.92 Å². The summed E-state index contributed by atoms with van der Waals surface area (Å²) in [5.74, 6) is 0.933. The number of para-hydroxylation sites is 1. The Morgan fingerprint density at radius 3 is 2.73 bits per heavy atom. The van der Waals surface area contributed by atoms with Crippen LogP contribution >= 0.6 is 0 Å². The van der Waals surface area contributed by atoms with Crippen molar-refractivity contribution in [3.63, 3.8) is 0 Å². The van der Waals surface area contributed by atoms with Crippen LogP contribution in [0.15, 0.2) is 24.3 Å². The molecule has 2 bridgehead atoms. The fourth-order valence-electron chi connectivity index (χ4n) is 4.65. The number of carbonyl (C=O) groups is 1. The Balaban J connectivity index is 1.48. The maximum atomic E-state index is 12.9. The molecule has 3 heterocycles. The highest BCUT2D eigenvalue weighted by molar-refractivity contribution is 5.94. The molecule has 2 saturated heterocycles. The van der Waals surface area contributed by atoms with Crippen molar-refractivity contribution in [2.75, 3.05) is 11.4 Å². The maximum absolute atomic E-state index is 12.9. The van der Waals surface area contributed by atoms with Gasteiger partial charge in [-0.3, -0.25) is 4.79 Å². The Kier molecular flexibility index (Phi) is 3.91. The average Bonchev–Trinajstić information content (AvgIpc) is 2.74. The zero-order valence-corrected chi connectivity index (χ0v) is 13.3. The molecule has 3 heteroatoms. The third-order valence-corrected chi connectivity index (χ3v) is 5.70. The monoisotopic (exact) mass is 298 g/mol. The first-order chi connectivity index (χ1) is 10.8. The molecular formula is C19H26N2O. The van der Waals surface area contributed by atoms with Crippen LogP contribution in [0.1, 0.15) is 50.5 Å². The molecule has 3 nitrogen and oxygen atoms in total. The first-order valence-electron chi connectivity index (χ1n) is 8.94. The summed E-state index contributed by atoms with van der Waals surface area (Å²) >= 11 is 0. The van der Waals surface area contributed by atoms with Crippen LogP contribution < -0.4 is 10.2 Å². The number of rotatable bonds is 2. The molecule has 0 saturated carbocycles. The van der Waals surface area contributed by atoms with Gasteiger partial charge in [-0.25, -0.2) is 0 Å². The van der Waals surface area contributed by atoms with Crippen molar-refractivity contribution in [1.82, 2.24) is 5.32 Å². The molecule has 0 aromatic heterocycles. The van der Waals surface area contributed by atoms with E-state index in [0.717, 1.165) is 25.8 Å². The zero-order valence-electron chi connectivity index (χ0n) is 13.3. The molecule has 2 unspecified atom stereocenters. The van der Waals surface area contributed by atoms with Crippen LogP contribution in [0.5, 0.6) is 0 Å². The number of aryl methyl sites for hydroxylation is 1. The minimum atomic E-state index is 0.348.